The Hall–Kier alpha value is -1.67. The second kappa shape index (κ2) is 6.67. The van der Waals surface area contributed by atoms with Crippen molar-refractivity contribution in [3.63, 3.8) is 0 Å². The number of aliphatic hydroxyl groups excluding tert-OH is 1. The molecule has 2 aromatic rings. The van der Waals surface area contributed by atoms with Crippen molar-refractivity contribution in [2.24, 2.45) is 0 Å². The fourth-order valence-electron chi connectivity index (χ4n) is 2.14. The maximum atomic E-state index is 11.3. The van der Waals surface area contributed by atoms with Crippen molar-refractivity contribution in [3.05, 3.63) is 21.7 Å². The molecule has 20 heavy (non-hydrogen) atoms. The molecule has 0 radical (unpaired) electrons. The molecule has 2 aromatic heterocycles. The number of thiazole rings is 1. The summed E-state index contributed by atoms with van der Waals surface area (Å²) in [6, 6.07) is 0. The van der Waals surface area contributed by atoms with Crippen LogP contribution >= 0.6 is 11.3 Å². The molecule has 0 saturated heterocycles. The van der Waals surface area contributed by atoms with Gasteiger partial charge in [0.25, 0.3) is 4.96 Å². The highest BCUT2D eigenvalue weighted by atomic mass is 32.1. The predicted octanol–water partition coefficient (Wildman–Crippen LogP) is 2.29. The first-order chi connectivity index (χ1) is 9.69. The number of nitro groups is 1. The normalized spacial score (nSPS) is 11.1. The van der Waals surface area contributed by atoms with Gasteiger partial charge >= 0.3 is 5.82 Å². The van der Waals surface area contributed by atoms with E-state index in [4.69, 9.17) is 5.11 Å². The zero-order valence-corrected chi connectivity index (χ0v) is 12.2. The molecule has 0 atom stereocenters. The van der Waals surface area contributed by atoms with Gasteiger partial charge in [0.15, 0.2) is 0 Å². The molecule has 8 heteroatoms. The largest absolute Gasteiger partial charge is 0.395 e. The minimum atomic E-state index is -0.410. The fourth-order valence-corrected chi connectivity index (χ4v) is 2.85. The van der Waals surface area contributed by atoms with Crippen molar-refractivity contribution in [2.75, 3.05) is 24.6 Å². The molecule has 7 nitrogen and oxygen atoms in total. The molecule has 0 bridgehead atoms. The van der Waals surface area contributed by atoms with Crippen LogP contribution in [-0.2, 0) is 0 Å². The van der Waals surface area contributed by atoms with E-state index in [2.05, 4.69) is 11.9 Å². The van der Waals surface area contributed by atoms with E-state index in [0.717, 1.165) is 19.3 Å². The average molecular weight is 298 g/mol. The van der Waals surface area contributed by atoms with E-state index in [9.17, 15) is 10.1 Å². The van der Waals surface area contributed by atoms with Crippen LogP contribution in [0, 0.1) is 10.1 Å². The summed E-state index contributed by atoms with van der Waals surface area (Å²) < 4.78 is 1.49. The Balaban J connectivity index is 2.33. The Morgan fingerprint density at radius 2 is 2.30 bits per heavy atom. The summed E-state index contributed by atoms with van der Waals surface area (Å²) in [6.07, 6.45) is 4.71. The van der Waals surface area contributed by atoms with Crippen molar-refractivity contribution >= 4 is 27.9 Å². The van der Waals surface area contributed by atoms with E-state index in [-0.39, 0.29) is 12.4 Å². The molecular weight excluding hydrogens is 280 g/mol. The van der Waals surface area contributed by atoms with Crippen LogP contribution in [0.25, 0.3) is 4.96 Å². The molecule has 0 fully saturated rings. The molecule has 0 spiro atoms. The number of rotatable bonds is 8. The SMILES string of the molecule is CCCCCN(CCO)c1nc2sccn2c1[N+](=O)[O-]. The number of aromatic nitrogens is 2. The Morgan fingerprint density at radius 1 is 1.50 bits per heavy atom. The molecule has 1 N–H and O–H groups in total. The molecular formula is C12H18N4O3S. The Morgan fingerprint density at radius 3 is 2.95 bits per heavy atom. The highest BCUT2D eigenvalue weighted by molar-refractivity contribution is 7.15. The maximum Gasteiger partial charge on any atom is 0.373 e. The van der Waals surface area contributed by atoms with Gasteiger partial charge in [-0.2, -0.15) is 9.38 Å². The molecule has 2 rings (SSSR count). The van der Waals surface area contributed by atoms with Gasteiger partial charge in [0, 0.05) is 18.5 Å². The smallest absolute Gasteiger partial charge is 0.373 e. The van der Waals surface area contributed by atoms with E-state index in [0.29, 0.717) is 23.9 Å². The number of anilines is 1. The molecule has 2 heterocycles. The third kappa shape index (κ3) is 2.91. The summed E-state index contributed by atoms with van der Waals surface area (Å²) in [5.41, 5.74) is 0. The molecule has 110 valence electrons. The number of nitrogens with zero attached hydrogens (tertiary/aromatic N) is 4. The lowest BCUT2D eigenvalue weighted by Crippen LogP contribution is -2.28. The van der Waals surface area contributed by atoms with E-state index < -0.39 is 4.92 Å². The van der Waals surface area contributed by atoms with Crippen LogP contribution in [0.3, 0.4) is 0 Å². The minimum Gasteiger partial charge on any atom is -0.395 e. The molecule has 0 aliphatic rings. The van der Waals surface area contributed by atoms with Crippen molar-refractivity contribution < 1.29 is 10.0 Å². The van der Waals surface area contributed by atoms with Gasteiger partial charge in [0.05, 0.1) is 6.61 Å². The van der Waals surface area contributed by atoms with Crippen LogP contribution in [0.2, 0.25) is 0 Å². The molecule has 0 unspecified atom stereocenters. The minimum absolute atomic E-state index is 0.0220. The highest BCUT2D eigenvalue weighted by Crippen LogP contribution is 2.31. The van der Waals surface area contributed by atoms with E-state index >= 15 is 0 Å². The zero-order chi connectivity index (χ0) is 14.5. The summed E-state index contributed by atoms with van der Waals surface area (Å²) in [7, 11) is 0. The summed E-state index contributed by atoms with van der Waals surface area (Å²) in [6.45, 7) is 3.08. The van der Waals surface area contributed by atoms with Crippen LogP contribution in [0.15, 0.2) is 11.6 Å². The number of hydrogen-bond acceptors (Lipinski definition) is 6. The molecule has 0 aliphatic heterocycles. The third-order valence-corrected chi connectivity index (χ3v) is 3.85. The van der Waals surface area contributed by atoms with Gasteiger partial charge in [-0.1, -0.05) is 31.1 Å². The second-order valence-electron chi connectivity index (χ2n) is 4.49. The van der Waals surface area contributed by atoms with Gasteiger partial charge in [0.2, 0.25) is 5.82 Å². The first kappa shape index (κ1) is 14.7. The van der Waals surface area contributed by atoms with Gasteiger partial charge in [-0.25, -0.2) is 0 Å². The van der Waals surface area contributed by atoms with Gasteiger partial charge in [-0.05, 0) is 11.3 Å². The second-order valence-corrected chi connectivity index (χ2v) is 5.36. The van der Waals surface area contributed by atoms with Crippen LogP contribution in [0.1, 0.15) is 26.2 Å². The lowest BCUT2D eigenvalue weighted by Gasteiger charge is -2.20. The quantitative estimate of drug-likeness (QED) is 0.459. The maximum absolute atomic E-state index is 11.3. The lowest BCUT2D eigenvalue weighted by atomic mass is 10.2. The number of unbranched alkanes of at least 4 members (excludes halogenated alkanes) is 2. The number of fused-ring (bicyclic) bond motifs is 1. The standard InChI is InChI=1S/C12H18N4O3S/c1-2-3-4-5-14(6-8-17)10-11(16(18)19)15-7-9-20-12(15)13-10/h7,9,17H,2-6,8H2,1H3. The van der Waals surface area contributed by atoms with Gasteiger partial charge in [-0.3, -0.25) is 0 Å². The predicted molar refractivity (Wildman–Crippen MR) is 78.5 cm³/mol. The molecule has 0 aliphatic carbocycles. The number of hydrogen-bond donors (Lipinski definition) is 1. The van der Waals surface area contributed by atoms with Crippen molar-refractivity contribution in [1.82, 2.24) is 9.38 Å². The van der Waals surface area contributed by atoms with E-state index in [1.54, 1.807) is 16.5 Å². The van der Waals surface area contributed by atoms with Crippen LogP contribution in [0.5, 0.6) is 0 Å². The summed E-state index contributed by atoms with van der Waals surface area (Å²) in [4.78, 5) is 17.6. The van der Waals surface area contributed by atoms with E-state index in [1.807, 2.05) is 0 Å². The first-order valence-corrected chi connectivity index (χ1v) is 7.52. The molecule has 0 amide bonds. The Bertz CT molecular complexity index is 580. The van der Waals surface area contributed by atoms with Crippen LogP contribution in [0.4, 0.5) is 11.6 Å². The fraction of sp³-hybridized carbons (Fsp3) is 0.583. The Labute approximate surface area is 120 Å². The number of aliphatic hydroxyl groups is 1. The first-order valence-electron chi connectivity index (χ1n) is 6.64. The lowest BCUT2D eigenvalue weighted by molar-refractivity contribution is -0.389. The third-order valence-electron chi connectivity index (χ3n) is 3.09. The van der Waals surface area contributed by atoms with Gasteiger partial charge < -0.3 is 20.1 Å². The summed E-state index contributed by atoms with van der Waals surface area (Å²) >= 11 is 1.36. The summed E-state index contributed by atoms with van der Waals surface area (Å²) in [5, 5.41) is 22.2. The van der Waals surface area contributed by atoms with Gasteiger partial charge in [0.1, 0.15) is 6.20 Å². The number of imidazole rings is 1. The Kier molecular flexibility index (Phi) is 4.91. The topological polar surface area (TPSA) is 83.9 Å². The zero-order valence-electron chi connectivity index (χ0n) is 11.4. The molecule has 0 aromatic carbocycles. The van der Waals surface area contributed by atoms with Crippen LogP contribution in [-0.4, -0.2) is 39.1 Å². The van der Waals surface area contributed by atoms with Gasteiger partial charge in [-0.15, -0.1) is 0 Å². The van der Waals surface area contributed by atoms with Crippen molar-refractivity contribution in [1.29, 1.82) is 0 Å². The average Bonchev–Trinajstić information content (AvgIpc) is 2.97. The van der Waals surface area contributed by atoms with Crippen molar-refractivity contribution in [2.45, 2.75) is 26.2 Å². The molecule has 0 saturated carbocycles. The monoisotopic (exact) mass is 298 g/mol. The highest BCUT2D eigenvalue weighted by Gasteiger charge is 2.27. The van der Waals surface area contributed by atoms with Crippen molar-refractivity contribution in [3.8, 4) is 0 Å². The van der Waals surface area contributed by atoms with Crippen LogP contribution < -0.4 is 4.90 Å². The summed E-state index contributed by atoms with van der Waals surface area (Å²) in [5.74, 6) is 0.332. The van der Waals surface area contributed by atoms with E-state index in [1.165, 1.54) is 15.7 Å².